The third kappa shape index (κ3) is 3.92. The SMILES string of the molecule is CC(=Cc1ccc(Cl)cc1)OS(=O)(=O)C(F)(F)F. The minimum absolute atomic E-state index is 0.394. The first-order valence-corrected chi connectivity index (χ1v) is 6.35. The normalized spacial score (nSPS) is 13.5. The van der Waals surface area contributed by atoms with E-state index < -0.39 is 21.4 Å². The highest BCUT2D eigenvalue weighted by molar-refractivity contribution is 7.87. The van der Waals surface area contributed by atoms with E-state index in [1.165, 1.54) is 24.3 Å². The Hall–Kier alpha value is -1.21. The first-order valence-electron chi connectivity index (χ1n) is 4.56. The van der Waals surface area contributed by atoms with Crippen LogP contribution in [0.15, 0.2) is 30.0 Å². The summed E-state index contributed by atoms with van der Waals surface area (Å²) in [6, 6.07) is 6.04. The summed E-state index contributed by atoms with van der Waals surface area (Å²) in [6.07, 6.45) is 1.15. The van der Waals surface area contributed by atoms with E-state index in [1.807, 2.05) is 0 Å². The molecule has 3 nitrogen and oxygen atoms in total. The van der Waals surface area contributed by atoms with Crippen LogP contribution in [0.25, 0.3) is 6.08 Å². The number of hydrogen-bond acceptors (Lipinski definition) is 3. The highest BCUT2D eigenvalue weighted by Crippen LogP contribution is 2.27. The molecule has 0 bridgehead atoms. The average molecular weight is 301 g/mol. The molecule has 8 heteroatoms. The van der Waals surface area contributed by atoms with Gasteiger partial charge in [-0.15, -0.1) is 0 Å². The number of halogens is 4. The quantitative estimate of drug-likeness (QED) is 0.487. The number of rotatable bonds is 3. The molecule has 0 saturated heterocycles. The maximum absolute atomic E-state index is 12.0. The van der Waals surface area contributed by atoms with Gasteiger partial charge >= 0.3 is 15.6 Å². The van der Waals surface area contributed by atoms with E-state index in [4.69, 9.17) is 11.6 Å². The second kappa shape index (κ2) is 5.19. The fourth-order valence-electron chi connectivity index (χ4n) is 1.04. The molecule has 0 atom stereocenters. The Kier molecular flexibility index (Phi) is 4.28. The van der Waals surface area contributed by atoms with E-state index in [9.17, 15) is 21.6 Å². The lowest BCUT2D eigenvalue weighted by Gasteiger charge is -2.09. The van der Waals surface area contributed by atoms with E-state index in [0.717, 1.165) is 13.0 Å². The van der Waals surface area contributed by atoms with Gasteiger partial charge in [0.05, 0.1) is 0 Å². The predicted molar refractivity (Wildman–Crippen MR) is 61.2 cm³/mol. The van der Waals surface area contributed by atoms with Crippen LogP contribution < -0.4 is 0 Å². The molecule has 0 fully saturated rings. The van der Waals surface area contributed by atoms with Crippen molar-refractivity contribution < 1.29 is 25.8 Å². The van der Waals surface area contributed by atoms with Crippen molar-refractivity contribution in [2.24, 2.45) is 0 Å². The van der Waals surface area contributed by atoms with Gasteiger partial charge in [0.15, 0.2) is 0 Å². The third-order valence-corrected chi connectivity index (χ3v) is 3.07. The zero-order valence-corrected chi connectivity index (χ0v) is 10.6. The summed E-state index contributed by atoms with van der Waals surface area (Å²) in [6.45, 7) is 1.11. The smallest absolute Gasteiger partial charge is 0.381 e. The van der Waals surface area contributed by atoms with Gasteiger partial charge in [0.2, 0.25) is 0 Å². The van der Waals surface area contributed by atoms with Gasteiger partial charge < -0.3 is 4.18 Å². The lowest BCUT2D eigenvalue weighted by Crippen LogP contribution is -2.24. The van der Waals surface area contributed by atoms with Crippen LogP contribution in [0.2, 0.25) is 5.02 Å². The monoisotopic (exact) mass is 300 g/mol. The molecular formula is C10H8ClF3O3S. The molecule has 0 aromatic heterocycles. The van der Waals surface area contributed by atoms with Crippen molar-refractivity contribution in [3.05, 3.63) is 40.6 Å². The van der Waals surface area contributed by atoms with Gasteiger partial charge in [-0.05, 0) is 30.7 Å². The Morgan fingerprint density at radius 1 is 1.28 bits per heavy atom. The molecule has 1 aromatic carbocycles. The topological polar surface area (TPSA) is 43.4 Å². The summed E-state index contributed by atoms with van der Waals surface area (Å²) in [5.74, 6) is -0.394. The average Bonchev–Trinajstić information content (AvgIpc) is 2.19. The Morgan fingerprint density at radius 2 is 1.78 bits per heavy atom. The van der Waals surface area contributed by atoms with Crippen molar-refractivity contribution in [3.8, 4) is 0 Å². The number of benzene rings is 1. The van der Waals surface area contributed by atoms with Crippen LogP contribution in [0.4, 0.5) is 13.2 Å². The molecule has 1 rings (SSSR count). The standard InChI is InChI=1S/C10H8ClF3O3S/c1-7(17-18(15,16)10(12,13)14)6-8-2-4-9(11)5-3-8/h2-6H,1H3. The number of hydrogen-bond donors (Lipinski definition) is 0. The molecule has 0 N–H and O–H groups in total. The Balaban J connectivity index is 2.90. The van der Waals surface area contributed by atoms with Gasteiger partial charge in [0.1, 0.15) is 5.76 Å². The molecule has 0 saturated carbocycles. The second-order valence-corrected chi connectivity index (χ2v) is 5.26. The first-order chi connectivity index (χ1) is 8.12. The Morgan fingerprint density at radius 3 is 2.22 bits per heavy atom. The van der Waals surface area contributed by atoms with Crippen molar-refractivity contribution in [2.75, 3.05) is 0 Å². The van der Waals surface area contributed by atoms with Gasteiger partial charge in [-0.25, -0.2) is 0 Å². The summed E-state index contributed by atoms with van der Waals surface area (Å²) in [5.41, 5.74) is -4.98. The van der Waals surface area contributed by atoms with E-state index in [1.54, 1.807) is 0 Å². The molecule has 0 amide bonds. The third-order valence-electron chi connectivity index (χ3n) is 1.76. The molecule has 18 heavy (non-hydrogen) atoms. The molecule has 1 aromatic rings. The summed E-state index contributed by atoms with van der Waals surface area (Å²) in [5, 5.41) is 0.452. The Labute approximate surface area is 107 Å². The van der Waals surface area contributed by atoms with E-state index in [-0.39, 0.29) is 0 Å². The molecule has 100 valence electrons. The molecule has 0 aliphatic carbocycles. The second-order valence-electron chi connectivity index (χ2n) is 3.29. The summed E-state index contributed by atoms with van der Waals surface area (Å²) < 4.78 is 61.4. The molecule has 0 aliphatic rings. The van der Waals surface area contributed by atoms with Crippen LogP contribution in [-0.2, 0) is 14.3 Å². The predicted octanol–water partition coefficient (Wildman–Crippen LogP) is 3.57. The van der Waals surface area contributed by atoms with E-state index in [0.29, 0.717) is 10.6 Å². The van der Waals surface area contributed by atoms with Crippen molar-refractivity contribution >= 4 is 27.8 Å². The van der Waals surface area contributed by atoms with Crippen molar-refractivity contribution in [2.45, 2.75) is 12.4 Å². The fourth-order valence-corrected chi connectivity index (χ4v) is 1.65. The molecule has 0 unspecified atom stereocenters. The lowest BCUT2D eigenvalue weighted by molar-refractivity contribution is -0.0521. The summed E-state index contributed by atoms with van der Waals surface area (Å²) in [4.78, 5) is 0. The fraction of sp³-hybridized carbons (Fsp3) is 0.200. The first kappa shape index (κ1) is 14.8. The van der Waals surface area contributed by atoms with Crippen molar-refractivity contribution in [1.82, 2.24) is 0 Å². The van der Waals surface area contributed by atoms with Crippen LogP contribution in [-0.4, -0.2) is 13.9 Å². The zero-order valence-electron chi connectivity index (χ0n) is 9.03. The van der Waals surface area contributed by atoms with Crippen LogP contribution in [0.3, 0.4) is 0 Å². The van der Waals surface area contributed by atoms with Gasteiger partial charge in [-0.1, -0.05) is 23.7 Å². The van der Waals surface area contributed by atoms with Crippen LogP contribution in [0, 0.1) is 0 Å². The van der Waals surface area contributed by atoms with Gasteiger partial charge in [-0.3, -0.25) is 0 Å². The lowest BCUT2D eigenvalue weighted by atomic mass is 10.2. The molecule has 0 radical (unpaired) electrons. The molecule has 0 spiro atoms. The van der Waals surface area contributed by atoms with E-state index >= 15 is 0 Å². The highest BCUT2D eigenvalue weighted by Gasteiger charge is 2.48. The molecule has 0 heterocycles. The maximum Gasteiger partial charge on any atom is 0.534 e. The number of alkyl halides is 3. The van der Waals surface area contributed by atoms with Gasteiger partial charge in [0, 0.05) is 5.02 Å². The number of allylic oxidation sites excluding steroid dienone is 1. The van der Waals surface area contributed by atoms with Crippen molar-refractivity contribution in [1.29, 1.82) is 0 Å². The van der Waals surface area contributed by atoms with Gasteiger partial charge in [0.25, 0.3) is 0 Å². The largest absolute Gasteiger partial charge is 0.534 e. The minimum Gasteiger partial charge on any atom is -0.381 e. The minimum atomic E-state index is -5.62. The molecule has 0 aliphatic heterocycles. The van der Waals surface area contributed by atoms with Gasteiger partial charge in [-0.2, -0.15) is 21.6 Å². The molecular weight excluding hydrogens is 293 g/mol. The highest BCUT2D eigenvalue weighted by atomic mass is 35.5. The summed E-state index contributed by atoms with van der Waals surface area (Å²) in [7, 11) is -5.62. The summed E-state index contributed by atoms with van der Waals surface area (Å²) >= 11 is 5.62. The van der Waals surface area contributed by atoms with Crippen molar-refractivity contribution in [3.63, 3.8) is 0 Å². The maximum atomic E-state index is 12.0. The van der Waals surface area contributed by atoms with Crippen LogP contribution in [0.5, 0.6) is 0 Å². The van der Waals surface area contributed by atoms with Crippen LogP contribution >= 0.6 is 11.6 Å². The van der Waals surface area contributed by atoms with E-state index in [2.05, 4.69) is 4.18 Å². The van der Waals surface area contributed by atoms with Crippen LogP contribution in [0.1, 0.15) is 12.5 Å². The Bertz CT molecular complexity index is 547. The zero-order chi connectivity index (χ0) is 14.0.